The predicted octanol–water partition coefficient (Wildman–Crippen LogP) is 2.23. The van der Waals surface area contributed by atoms with Gasteiger partial charge in [0.2, 0.25) is 0 Å². The SMILES string of the molecule is CN(/C=C\C(=N)N)c1ccc(Cl)cc1. The van der Waals surface area contributed by atoms with Crippen molar-refractivity contribution in [2.24, 2.45) is 5.73 Å². The summed E-state index contributed by atoms with van der Waals surface area (Å²) in [5.74, 6) is 0.0332. The average molecular weight is 210 g/mol. The molecule has 4 heteroatoms. The van der Waals surface area contributed by atoms with E-state index in [1.165, 1.54) is 6.08 Å². The summed E-state index contributed by atoms with van der Waals surface area (Å²) in [6.07, 6.45) is 3.25. The maximum absolute atomic E-state index is 7.03. The van der Waals surface area contributed by atoms with E-state index in [0.717, 1.165) is 5.69 Å². The van der Waals surface area contributed by atoms with Crippen molar-refractivity contribution in [2.75, 3.05) is 11.9 Å². The summed E-state index contributed by atoms with van der Waals surface area (Å²) in [4.78, 5) is 1.86. The van der Waals surface area contributed by atoms with Crippen molar-refractivity contribution >= 4 is 23.1 Å². The van der Waals surface area contributed by atoms with Crippen molar-refractivity contribution in [3.63, 3.8) is 0 Å². The second-order valence-electron chi connectivity index (χ2n) is 2.86. The maximum Gasteiger partial charge on any atom is 0.116 e. The molecule has 0 unspecified atom stereocenters. The van der Waals surface area contributed by atoms with Gasteiger partial charge >= 0.3 is 0 Å². The van der Waals surface area contributed by atoms with Crippen LogP contribution in [0.4, 0.5) is 5.69 Å². The Morgan fingerprint density at radius 3 is 2.50 bits per heavy atom. The van der Waals surface area contributed by atoms with Crippen LogP contribution >= 0.6 is 11.6 Å². The number of nitrogens with one attached hydrogen (secondary N) is 1. The van der Waals surface area contributed by atoms with Crippen LogP contribution in [0.1, 0.15) is 0 Å². The molecule has 1 rings (SSSR count). The first-order valence-electron chi connectivity index (χ1n) is 4.10. The molecule has 0 saturated carbocycles. The lowest BCUT2D eigenvalue weighted by molar-refractivity contribution is 1.20. The summed E-state index contributed by atoms with van der Waals surface area (Å²) < 4.78 is 0. The lowest BCUT2D eigenvalue weighted by Gasteiger charge is -2.13. The molecule has 0 saturated heterocycles. The van der Waals surface area contributed by atoms with Crippen LogP contribution in [0.25, 0.3) is 0 Å². The monoisotopic (exact) mass is 209 g/mol. The number of halogens is 1. The number of nitrogens with zero attached hydrogens (tertiary/aromatic N) is 1. The van der Waals surface area contributed by atoms with Crippen LogP contribution in [-0.2, 0) is 0 Å². The fraction of sp³-hybridized carbons (Fsp3) is 0.100. The molecule has 0 aliphatic heterocycles. The zero-order chi connectivity index (χ0) is 10.6. The Hall–Kier alpha value is -1.48. The summed E-state index contributed by atoms with van der Waals surface area (Å²) >= 11 is 5.75. The minimum Gasteiger partial charge on any atom is -0.384 e. The van der Waals surface area contributed by atoms with Crippen molar-refractivity contribution in [1.82, 2.24) is 0 Å². The zero-order valence-corrected chi connectivity index (χ0v) is 8.62. The lowest BCUT2D eigenvalue weighted by atomic mass is 10.3. The van der Waals surface area contributed by atoms with Gasteiger partial charge in [0.25, 0.3) is 0 Å². The number of nitrogens with two attached hydrogens (primary N) is 1. The van der Waals surface area contributed by atoms with Crippen LogP contribution in [0.5, 0.6) is 0 Å². The molecule has 0 heterocycles. The van der Waals surface area contributed by atoms with E-state index in [-0.39, 0.29) is 5.84 Å². The van der Waals surface area contributed by atoms with Gasteiger partial charge in [0, 0.05) is 24.0 Å². The van der Waals surface area contributed by atoms with Gasteiger partial charge in [0.1, 0.15) is 5.84 Å². The highest BCUT2D eigenvalue weighted by Gasteiger charge is 1.95. The molecule has 0 fully saturated rings. The molecule has 0 atom stereocenters. The highest BCUT2D eigenvalue weighted by molar-refractivity contribution is 6.30. The van der Waals surface area contributed by atoms with Crippen molar-refractivity contribution < 1.29 is 0 Å². The number of rotatable bonds is 3. The van der Waals surface area contributed by atoms with E-state index < -0.39 is 0 Å². The Morgan fingerprint density at radius 1 is 1.43 bits per heavy atom. The fourth-order valence-corrected chi connectivity index (χ4v) is 1.08. The maximum atomic E-state index is 7.03. The molecule has 3 nitrogen and oxygen atoms in total. The van der Waals surface area contributed by atoms with Gasteiger partial charge in [-0.3, -0.25) is 5.41 Å². The summed E-state index contributed by atoms with van der Waals surface area (Å²) in [5, 5.41) is 7.73. The number of amidine groups is 1. The highest BCUT2D eigenvalue weighted by Crippen LogP contribution is 2.16. The van der Waals surface area contributed by atoms with E-state index >= 15 is 0 Å². The summed E-state index contributed by atoms with van der Waals surface area (Å²) in [6, 6.07) is 7.42. The van der Waals surface area contributed by atoms with Crippen LogP contribution in [0, 0.1) is 5.41 Å². The molecule has 3 N–H and O–H groups in total. The number of hydrogen-bond acceptors (Lipinski definition) is 2. The smallest absolute Gasteiger partial charge is 0.116 e. The third kappa shape index (κ3) is 3.11. The molecule has 0 bridgehead atoms. The summed E-state index contributed by atoms with van der Waals surface area (Å²) in [6.45, 7) is 0. The van der Waals surface area contributed by atoms with E-state index in [1.54, 1.807) is 6.20 Å². The topological polar surface area (TPSA) is 53.1 Å². The van der Waals surface area contributed by atoms with E-state index in [1.807, 2.05) is 36.2 Å². The molecule has 0 aliphatic carbocycles. The number of hydrogen-bond donors (Lipinski definition) is 2. The van der Waals surface area contributed by atoms with E-state index in [4.69, 9.17) is 22.7 Å². The van der Waals surface area contributed by atoms with Gasteiger partial charge in [0.05, 0.1) is 0 Å². The Kier molecular flexibility index (Phi) is 3.54. The number of anilines is 1. The Bertz CT molecular complexity index is 343. The van der Waals surface area contributed by atoms with Crippen molar-refractivity contribution in [3.8, 4) is 0 Å². The Balaban J connectivity index is 2.74. The second-order valence-corrected chi connectivity index (χ2v) is 3.29. The fourth-order valence-electron chi connectivity index (χ4n) is 0.954. The summed E-state index contributed by atoms with van der Waals surface area (Å²) in [7, 11) is 1.88. The molecule has 0 radical (unpaired) electrons. The quantitative estimate of drug-likeness (QED) is 0.593. The van der Waals surface area contributed by atoms with Gasteiger partial charge in [-0.1, -0.05) is 11.6 Å². The minimum absolute atomic E-state index is 0.0332. The van der Waals surface area contributed by atoms with Crippen LogP contribution in [0.2, 0.25) is 5.02 Å². The van der Waals surface area contributed by atoms with Crippen LogP contribution in [-0.4, -0.2) is 12.9 Å². The van der Waals surface area contributed by atoms with Crippen LogP contribution in [0.3, 0.4) is 0 Å². The van der Waals surface area contributed by atoms with Gasteiger partial charge in [0.15, 0.2) is 0 Å². The predicted molar refractivity (Wildman–Crippen MR) is 60.9 cm³/mol. The Morgan fingerprint density at radius 2 is 2.00 bits per heavy atom. The second kappa shape index (κ2) is 4.67. The van der Waals surface area contributed by atoms with E-state index in [9.17, 15) is 0 Å². The molecule has 1 aromatic rings. The minimum atomic E-state index is 0.0332. The molecule has 14 heavy (non-hydrogen) atoms. The summed E-state index contributed by atoms with van der Waals surface area (Å²) in [5.41, 5.74) is 6.18. The van der Waals surface area contributed by atoms with Crippen LogP contribution in [0.15, 0.2) is 36.5 Å². The van der Waals surface area contributed by atoms with Crippen molar-refractivity contribution in [1.29, 1.82) is 5.41 Å². The lowest BCUT2D eigenvalue weighted by Crippen LogP contribution is -2.11. The molecule has 0 aliphatic rings. The van der Waals surface area contributed by atoms with Gasteiger partial charge in [-0.25, -0.2) is 0 Å². The van der Waals surface area contributed by atoms with Gasteiger partial charge in [-0.15, -0.1) is 0 Å². The van der Waals surface area contributed by atoms with Crippen molar-refractivity contribution in [3.05, 3.63) is 41.6 Å². The van der Waals surface area contributed by atoms with Gasteiger partial charge < -0.3 is 10.6 Å². The first-order valence-corrected chi connectivity index (χ1v) is 4.48. The van der Waals surface area contributed by atoms with Crippen LogP contribution < -0.4 is 10.6 Å². The van der Waals surface area contributed by atoms with Gasteiger partial charge in [-0.2, -0.15) is 0 Å². The van der Waals surface area contributed by atoms with E-state index in [0.29, 0.717) is 5.02 Å². The Labute approximate surface area is 88.3 Å². The molecule has 0 spiro atoms. The third-order valence-electron chi connectivity index (χ3n) is 1.71. The molecule has 1 aromatic carbocycles. The average Bonchev–Trinajstić information content (AvgIpc) is 2.15. The van der Waals surface area contributed by atoms with E-state index in [2.05, 4.69) is 0 Å². The van der Waals surface area contributed by atoms with Gasteiger partial charge in [-0.05, 0) is 30.3 Å². The molecule has 74 valence electrons. The molecule has 0 amide bonds. The highest BCUT2D eigenvalue weighted by atomic mass is 35.5. The molecule has 0 aromatic heterocycles. The number of benzene rings is 1. The molecular weight excluding hydrogens is 198 g/mol. The largest absolute Gasteiger partial charge is 0.384 e. The third-order valence-corrected chi connectivity index (χ3v) is 1.96. The first-order chi connectivity index (χ1) is 6.59. The molecular formula is C10H12ClN3. The van der Waals surface area contributed by atoms with Crippen molar-refractivity contribution in [2.45, 2.75) is 0 Å². The standard InChI is InChI=1S/C10H12ClN3/c1-14(7-6-10(12)13)9-4-2-8(11)3-5-9/h2-7H,1H3,(H3,12,13)/b7-6-. The normalized spacial score (nSPS) is 10.4. The first kappa shape index (κ1) is 10.6. The zero-order valence-electron chi connectivity index (χ0n) is 7.87.